The van der Waals surface area contributed by atoms with Crippen LogP contribution in [-0.2, 0) is 6.61 Å². The largest absolute Gasteiger partial charge is 0.573 e. The van der Waals surface area contributed by atoms with Crippen molar-refractivity contribution in [3.8, 4) is 11.5 Å². The predicted octanol–water partition coefficient (Wildman–Crippen LogP) is 5.71. The van der Waals surface area contributed by atoms with Crippen molar-refractivity contribution in [3.05, 3.63) is 77.0 Å². The number of carbonyl (C=O) groups excluding carboxylic acids is 1. The first-order valence-corrected chi connectivity index (χ1v) is 8.36. The number of carbonyl (C=O) groups is 1. The fourth-order valence-corrected chi connectivity index (χ4v) is 2.36. The second-order valence-electron chi connectivity index (χ2n) is 5.98. The van der Waals surface area contributed by atoms with Gasteiger partial charge in [-0.3, -0.25) is 4.79 Å². The molecule has 1 heterocycles. The molecule has 0 unspecified atom stereocenters. The lowest BCUT2D eigenvalue weighted by Crippen LogP contribution is -2.17. The summed E-state index contributed by atoms with van der Waals surface area (Å²) in [6.45, 7) is -0.783. The zero-order chi connectivity index (χ0) is 23.6. The number of halogens is 8. The zero-order valence-corrected chi connectivity index (χ0v) is 15.3. The van der Waals surface area contributed by atoms with Gasteiger partial charge in [-0.1, -0.05) is 0 Å². The lowest BCUT2D eigenvalue weighted by atomic mass is 10.2. The lowest BCUT2D eigenvalue weighted by Gasteiger charge is -2.09. The molecule has 3 rings (SSSR count). The minimum Gasteiger partial charge on any atom is -0.479 e. The molecule has 3 aromatic rings. The molecule has 0 aliphatic rings. The third-order valence-electron chi connectivity index (χ3n) is 3.76. The van der Waals surface area contributed by atoms with Gasteiger partial charge >= 0.3 is 6.36 Å². The standard InChI is InChI=1S/C19H9F8NO4/c20-12-13(21)15(23)17(16(24)14(12)22)30-7-10-5-6-11(31-10)18(29)28-8-1-3-9(4-2-8)32-19(25,26)27/h1-6H,7H2,(H,28,29). The summed E-state index contributed by atoms with van der Waals surface area (Å²) in [4.78, 5) is 12.1. The number of alkyl halides is 3. The van der Waals surface area contributed by atoms with Crippen molar-refractivity contribution in [3.63, 3.8) is 0 Å². The topological polar surface area (TPSA) is 60.7 Å². The highest BCUT2D eigenvalue weighted by Gasteiger charge is 2.31. The number of nitrogens with one attached hydrogen (secondary N) is 1. The van der Waals surface area contributed by atoms with E-state index < -0.39 is 59.5 Å². The summed E-state index contributed by atoms with van der Waals surface area (Å²) in [6, 6.07) is 6.41. The number of hydrogen-bond acceptors (Lipinski definition) is 4. The molecule has 5 nitrogen and oxygen atoms in total. The predicted molar refractivity (Wildman–Crippen MR) is 90.4 cm³/mol. The highest BCUT2D eigenvalue weighted by Crippen LogP contribution is 2.30. The SMILES string of the molecule is O=C(Nc1ccc(OC(F)(F)F)cc1)c1ccc(COc2c(F)c(F)c(F)c(F)c2F)o1. The first kappa shape index (κ1) is 22.9. The number of hydrogen-bond donors (Lipinski definition) is 1. The normalized spacial score (nSPS) is 11.4. The number of amides is 1. The Bertz CT molecular complexity index is 1110. The molecule has 0 radical (unpaired) electrons. The molecule has 1 N–H and O–H groups in total. The number of anilines is 1. The number of rotatable bonds is 6. The summed E-state index contributed by atoms with van der Waals surface area (Å²) in [6.07, 6.45) is -4.88. The summed E-state index contributed by atoms with van der Waals surface area (Å²) in [5.74, 6) is -14.5. The average Bonchev–Trinajstić information content (AvgIpc) is 3.20. The summed E-state index contributed by atoms with van der Waals surface area (Å²) in [5.41, 5.74) is 0.0835. The minimum atomic E-state index is -4.88. The quantitative estimate of drug-likeness (QED) is 0.287. The van der Waals surface area contributed by atoms with Crippen molar-refractivity contribution in [1.82, 2.24) is 0 Å². The average molecular weight is 467 g/mol. The first-order valence-electron chi connectivity index (χ1n) is 8.36. The van der Waals surface area contributed by atoms with Gasteiger partial charge in [0.1, 0.15) is 18.1 Å². The van der Waals surface area contributed by atoms with E-state index in [9.17, 15) is 39.9 Å². The Hall–Kier alpha value is -3.77. The second kappa shape index (κ2) is 8.77. The van der Waals surface area contributed by atoms with Gasteiger partial charge in [0.05, 0.1) is 0 Å². The molecule has 0 fully saturated rings. The van der Waals surface area contributed by atoms with E-state index in [1.165, 1.54) is 0 Å². The van der Waals surface area contributed by atoms with Gasteiger partial charge in [0.25, 0.3) is 5.91 Å². The van der Waals surface area contributed by atoms with E-state index in [1.807, 2.05) is 0 Å². The monoisotopic (exact) mass is 467 g/mol. The van der Waals surface area contributed by atoms with Crippen molar-refractivity contribution >= 4 is 11.6 Å². The van der Waals surface area contributed by atoms with Gasteiger partial charge in [0.2, 0.25) is 29.1 Å². The summed E-state index contributed by atoms with van der Waals surface area (Å²) >= 11 is 0. The van der Waals surface area contributed by atoms with E-state index in [4.69, 9.17) is 4.42 Å². The summed E-state index contributed by atoms with van der Waals surface area (Å²) in [5, 5.41) is 2.30. The molecule has 0 atom stereocenters. The fourth-order valence-electron chi connectivity index (χ4n) is 2.36. The van der Waals surface area contributed by atoms with Gasteiger partial charge in [-0.2, -0.15) is 8.78 Å². The van der Waals surface area contributed by atoms with Crippen LogP contribution in [-0.4, -0.2) is 12.3 Å². The van der Waals surface area contributed by atoms with E-state index in [1.54, 1.807) is 0 Å². The molecule has 1 aromatic heterocycles. The van der Waals surface area contributed by atoms with Crippen LogP contribution in [0.15, 0.2) is 40.8 Å². The van der Waals surface area contributed by atoms with Crippen LogP contribution < -0.4 is 14.8 Å². The van der Waals surface area contributed by atoms with Crippen LogP contribution in [0, 0.1) is 29.1 Å². The van der Waals surface area contributed by atoms with E-state index in [-0.39, 0.29) is 17.2 Å². The fraction of sp³-hybridized carbons (Fsp3) is 0.105. The van der Waals surface area contributed by atoms with E-state index in [2.05, 4.69) is 14.8 Å². The number of benzene rings is 2. The molecule has 32 heavy (non-hydrogen) atoms. The van der Waals surface area contributed by atoms with Crippen LogP contribution in [0.5, 0.6) is 11.5 Å². The lowest BCUT2D eigenvalue weighted by molar-refractivity contribution is -0.274. The highest BCUT2D eigenvalue weighted by molar-refractivity contribution is 6.02. The summed E-state index contributed by atoms with van der Waals surface area (Å²) < 4.78 is 116. The zero-order valence-electron chi connectivity index (χ0n) is 15.3. The molecule has 0 saturated heterocycles. The third kappa shape index (κ3) is 5.10. The van der Waals surface area contributed by atoms with Gasteiger partial charge in [-0.15, -0.1) is 13.2 Å². The maximum Gasteiger partial charge on any atom is 0.573 e. The molecule has 0 aliphatic carbocycles. The maximum atomic E-state index is 13.6. The molecule has 0 aliphatic heterocycles. The molecule has 170 valence electrons. The van der Waals surface area contributed by atoms with Crippen molar-refractivity contribution in [1.29, 1.82) is 0 Å². The van der Waals surface area contributed by atoms with E-state index >= 15 is 0 Å². The van der Waals surface area contributed by atoms with Gasteiger partial charge in [0, 0.05) is 5.69 Å². The molecule has 0 saturated carbocycles. The van der Waals surface area contributed by atoms with Crippen LogP contribution in [0.3, 0.4) is 0 Å². The van der Waals surface area contributed by atoms with Gasteiger partial charge in [0.15, 0.2) is 11.5 Å². The Balaban J connectivity index is 1.64. The number of furan rings is 1. The van der Waals surface area contributed by atoms with Gasteiger partial charge in [-0.25, -0.2) is 13.2 Å². The molecule has 0 spiro atoms. The van der Waals surface area contributed by atoms with Crippen LogP contribution in [0.4, 0.5) is 40.8 Å². The first-order chi connectivity index (χ1) is 15.0. The highest BCUT2D eigenvalue weighted by atomic mass is 19.4. The Morgan fingerprint density at radius 3 is 1.97 bits per heavy atom. The van der Waals surface area contributed by atoms with Crippen molar-refractivity contribution in [2.75, 3.05) is 5.32 Å². The Labute approximate surface area is 173 Å². The van der Waals surface area contributed by atoms with Crippen molar-refractivity contribution < 1.29 is 53.8 Å². The maximum absolute atomic E-state index is 13.6. The Kier molecular flexibility index (Phi) is 6.27. The molecule has 0 bridgehead atoms. The Morgan fingerprint density at radius 1 is 0.844 bits per heavy atom. The van der Waals surface area contributed by atoms with Gasteiger partial charge in [-0.05, 0) is 36.4 Å². The van der Waals surface area contributed by atoms with Crippen LogP contribution in [0.1, 0.15) is 16.3 Å². The van der Waals surface area contributed by atoms with Crippen LogP contribution >= 0.6 is 0 Å². The minimum absolute atomic E-state index is 0.0835. The smallest absolute Gasteiger partial charge is 0.479 e. The summed E-state index contributed by atoms with van der Waals surface area (Å²) in [7, 11) is 0. The van der Waals surface area contributed by atoms with Crippen molar-refractivity contribution in [2.24, 2.45) is 0 Å². The third-order valence-corrected chi connectivity index (χ3v) is 3.76. The molecule has 1 amide bonds. The second-order valence-corrected chi connectivity index (χ2v) is 5.98. The van der Waals surface area contributed by atoms with E-state index in [0.717, 1.165) is 36.4 Å². The van der Waals surface area contributed by atoms with E-state index in [0.29, 0.717) is 0 Å². The molecular weight excluding hydrogens is 458 g/mol. The van der Waals surface area contributed by atoms with Crippen LogP contribution in [0.2, 0.25) is 0 Å². The molecule has 13 heteroatoms. The molecule has 2 aromatic carbocycles. The van der Waals surface area contributed by atoms with Crippen LogP contribution in [0.25, 0.3) is 0 Å². The van der Waals surface area contributed by atoms with Gasteiger partial charge < -0.3 is 19.2 Å². The van der Waals surface area contributed by atoms with Crippen molar-refractivity contribution in [2.45, 2.75) is 13.0 Å². The molecular formula is C19H9F8NO4. The number of ether oxygens (including phenoxy) is 2. The Morgan fingerprint density at radius 2 is 1.41 bits per heavy atom.